The highest BCUT2D eigenvalue weighted by molar-refractivity contribution is 6.30. The van der Waals surface area contributed by atoms with Crippen LogP contribution in [0.4, 0.5) is 5.69 Å². The lowest BCUT2D eigenvalue weighted by atomic mass is 10.0. The number of benzene rings is 2. The van der Waals surface area contributed by atoms with Gasteiger partial charge < -0.3 is 10.6 Å². The Labute approximate surface area is 144 Å². The van der Waals surface area contributed by atoms with Crippen molar-refractivity contribution in [1.29, 1.82) is 0 Å². The van der Waals surface area contributed by atoms with Gasteiger partial charge >= 0.3 is 0 Å². The highest BCUT2D eigenvalue weighted by atomic mass is 35.5. The van der Waals surface area contributed by atoms with Gasteiger partial charge in [-0.2, -0.15) is 0 Å². The van der Waals surface area contributed by atoms with Gasteiger partial charge in [0.1, 0.15) is 11.3 Å². The Bertz CT molecular complexity index is 984. The normalized spacial score (nSPS) is 16.5. The Morgan fingerprint density at radius 3 is 2.62 bits per heavy atom. The zero-order valence-corrected chi connectivity index (χ0v) is 14.1. The van der Waals surface area contributed by atoms with Crippen LogP contribution in [0.2, 0.25) is 5.15 Å². The number of rotatable bonds is 1. The molecule has 0 saturated carbocycles. The predicted molar refractivity (Wildman–Crippen MR) is 96.5 cm³/mol. The zero-order chi connectivity index (χ0) is 16.8. The van der Waals surface area contributed by atoms with Crippen LogP contribution in [0.25, 0.3) is 10.9 Å². The molecule has 0 fully saturated rings. The highest BCUT2D eigenvalue weighted by Gasteiger charge is 2.26. The van der Waals surface area contributed by atoms with Gasteiger partial charge in [0.15, 0.2) is 0 Å². The summed E-state index contributed by atoms with van der Waals surface area (Å²) in [7, 11) is 0. The lowest BCUT2D eigenvalue weighted by Crippen LogP contribution is -2.38. The number of anilines is 1. The van der Waals surface area contributed by atoms with E-state index in [-0.39, 0.29) is 5.91 Å². The quantitative estimate of drug-likeness (QED) is 0.649. The predicted octanol–water partition coefficient (Wildman–Crippen LogP) is 4.36. The van der Waals surface area contributed by atoms with Crippen molar-refractivity contribution >= 4 is 34.1 Å². The van der Waals surface area contributed by atoms with Crippen molar-refractivity contribution in [3.8, 4) is 0 Å². The molecule has 1 aliphatic heterocycles. The molecule has 0 radical (unpaired) electrons. The van der Waals surface area contributed by atoms with E-state index in [0.29, 0.717) is 10.7 Å². The fourth-order valence-corrected chi connectivity index (χ4v) is 3.25. The molecule has 5 heteroatoms. The van der Waals surface area contributed by atoms with Crippen molar-refractivity contribution in [2.24, 2.45) is 0 Å². The minimum Gasteiger partial charge on any atom is -0.361 e. The van der Waals surface area contributed by atoms with Crippen LogP contribution in [0.5, 0.6) is 0 Å². The maximum atomic E-state index is 12.3. The number of hydrogen-bond donors (Lipinski definition) is 2. The van der Waals surface area contributed by atoms with Crippen LogP contribution in [0.15, 0.2) is 42.5 Å². The van der Waals surface area contributed by atoms with E-state index >= 15 is 0 Å². The number of fused-ring (bicyclic) bond motifs is 2. The van der Waals surface area contributed by atoms with E-state index in [1.54, 1.807) is 6.07 Å². The van der Waals surface area contributed by atoms with Crippen molar-refractivity contribution in [2.75, 3.05) is 5.32 Å². The van der Waals surface area contributed by atoms with Gasteiger partial charge in [-0.05, 0) is 55.3 Å². The number of nitrogens with zero attached hydrogens (tertiary/aromatic N) is 1. The first-order valence-electron chi connectivity index (χ1n) is 7.77. The van der Waals surface area contributed by atoms with Gasteiger partial charge in [-0.3, -0.25) is 4.79 Å². The molecule has 3 aromatic rings. The number of aromatic nitrogens is 1. The summed E-state index contributed by atoms with van der Waals surface area (Å²) in [6.07, 6.45) is -0.404. The molecule has 1 atom stereocenters. The van der Waals surface area contributed by atoms with Crippen LogP contribution in [-0.4, -0.2) is 10.9 Å². The van der Waals surface area contributed by atoms with E-state index in [1.165, 1.54) is 11.1 Å². The Hall–Kier alpha value is -2.59. The molecule has 1 aliphatic rings. The average Bonchev–Trinajstić information content (AvgIpc) is 2.56. The van der Waals surface area contributed by atoms with Crippen molar-refractivity contribution in [3.05, 3.63) is 69.9 Å². The van der Waals surface area contributed by atoms with Crippen LogP contribution in [0, 0.1) is 13.8 Å². The van der Waals surface area contributed by atoms with E-state index in [4.69, 9.17) is 11.6 Å². The summed E-state index contributed by atoms with van der Waals surface area (Å²) in [6, 6.07) is 13.5. The fraction of sp³-hybridized carbons (Fsp3) is 0.158. The number of aryl methyl sites for hydroxylation is 2. The second-order valence-electron chi connectivity index (χ2n) is 6.09. The third kappa shape index (κ3) is 2.39. The van der Waals surface area contributed by atoms with Gasteiger partial charge in [-0.25, -0.2) is 4.98 Å². The van der Waals surface area contributed by atoms with Crippen LogP contribution >= 0.6 is 11.6 Å². The molecule has 4 nitrogen and oxygen atoms in total. The number of hydrogen-bond acceptors (Lipinski definition) is 3. The van der Waals surface area contributed by atoms with E-state index in [2.05, 4.69) is 35.5 Å². The summed E-state index contributed by atoms with van der Waals surface area (Å²) in [6.45, 7) is 4.12. The van der Waals surface area contributed by atoms with E-state index < -0.39 is 6.17 Å². The van der Waals surface area contributed by atoms with Crippen LogP contribution in [-0.2, 0) is 0 Å². The molecular formula is C19H16ClN3O. The average molecular weight is 338 g/mol. The maximum Gasteiger partial charge on any atom is 0.255 e. The number of carbonyl (C=O) groups excluding carboxylic acids is 1. The molecular weight excluding hydrogens is 322 g/mol. The molecule has 0 aliphatic carbocycles. The lowest BCUT2D eigenvalue weighted by molar-refractivity contribution is 0.0935. The summed E-state index contributed by atoms with van der Waals surface area (Å²) in [5.74, 6) is -0.120. The monoisotopic (exact) mass is 337 g/mol. The summed E-state index contributed by atoms with van der Waals surface area (Å²) in [4.78, 5) is 16.8. The molecule has 4 rings (SSSR count). The summed E-state index contributed by atoms with van der Waals surface area (Å²) in [5, 5.41) is 7.66. The third-order valence-electron chi connectivity index (χ3n) is 4.47. The Morgan fingerprint density at radius 1 is 1.04 bits per heavy atom. The largest absolute Gasteiger partial charge is 0.361 e. The molecule has 0 spiro atoms. The Kier molecular flexibility index (Phi) is 3.43. The van der Waals surface area contributed by atoms with E-state index in [0.717, 1.165) is 22.2 Å². The molecule has 24 heavy (non-hydrogen) atoms. The molecule has 120 valence electrons. The molecule has 1 unspecified atom stereocenters. The maximum absolute atomic E-state index is 12.3. The van der Waals surface area contributed by atoms with Gasteiger partial charge in [-0.15, -0.1) is 0 Å². The van der Waals surface area contributed by atoms with E-state index in [9.17, 15) is 4.79 Å². The molecule has 2 aromatic carbocycles. The van der Waals surface area contributed by atoms with Crippen LogP contribution < -0.4 is 10.6 Å². The summed E-state index contributed by atoms with van der Waals surface area (Å²) >= 11 is 6.40. The van der Waals surface area contributed by atoms with E-state index in [1.807, 2.05) is 30.3 Å². The van der Waals surface area contributed by atoms with Crippen molar-refractivity contribution < 1.29 is 4.79 Å². The number of para-hydroxylation sites is 1. The van der Waals surface area contributed by atoms with Crippen molar-refractivity contribution in [1.82, 2.24) is 10.3 Å². The zero-order valence-electron chi connectivity index (χ0n) is 13.4. The fourth-order valence-electron chi connectivity index (χ4n) is 3.00. The first kappa shape index (κ1) is 15.0. The number of halogens is 1. The smallest absolute Gasteiger partial charge is 0.255 e. The minimum absolute atomic E-state index is 0.120. The molecule has 0 saturated heterocycles. The molecule has 2 N–H and O–H groups in total. The Balaban J connectivity index is 1.81. The third-order valence-corrected chi connectivity index (χ3v) is 4.77. The molecule has 2 heterocycles. The SMILES string of the molecule is Cc1cc2cc(C3NC(=O)c4ccccc4N3)c(Cl)nc2cc1C. The number of carbonyl (C=O) groups is 1. The highest BCUT2D eigenvalue weighted by Crippen LogP contribution is 2.31. The van der Waals surface area contributed by atoms with Gasteiger partial charge in [0, 0.05) is 16.6 Å². The lowest BCUT2D eigenvalue weighted by Gasteiger charge is -2.28. The second-order valence-corrected chi connectivity index (χ2v) is 6.45. The topological polar surface area (TPSA) is 54.0 Å². The van der Waals surface area contributed by atoms with Gasteiger partial charge in [0.25, 0.3) is 5.91 Å². The number of nitrogens with one attached hydrogen (secondary N) is 2. The molecule has 1 amide bonds. The first-order valence-corrected chi connectivity index (χ1v) is 8.14. The van der Waals surface area contributed by atoms with Gasteiger partial charge in [0.2, 0.25) is 0 Å². The van der Waals surface area contributed by atoms with Crippen molar-refractivity contribution in [3.63, 3.8) is 0 Å². The molecule has 0 bridgehead atoms. The van der Waals surface area contributed by atoms with Gasteiger partial charge in [0.05, 0.1) is 11.1 Å². The Morgan fingerprint density at radius 2 is 1.79 bits per heavy atom. The second kappa shape index (κ2) is 5.49. The van der Waals surface area contributed by atoms with Crippen LogP contribution in [0.1, 0.15) is 33.2 Å². The van der Waals surface area contributed by atoms with Crippen molar-refractivity contribution in [2.45, 2.75) is 20.0 Å². The summed E-state index contributed by atoms with van der Waals surface area (Å²) in [5.41, 5.74) is 5.41. The number of pyridine rings is 1. The summed E-state index contributed by atoms with van der Waals surface area (Å²) < 4.78 is 0. The standard InChI is InChI=1S/C19H16ClN3O/c1-10-7-12-9-14(17(20)21-16(12)8-11(10)2)18-22-15-6-4-3-5-13(15)19(24)23-18/h3-9,18,22H,1-2H3,(H,23,24). The van der Waals surface area contributed by atoms with Crippen LogP contribution in [0.3, 0.4) is 0 Å². The van der Waals surface area contributed by atoms with Gasteiger partial charge in [-0.1, -0.05) is 23.7 Å². The number of amides is 1. The molecule has 1 aromatic heterocycles. The minimum atomic E-state index is -0.404. The first-order chi connectivity index (χ1) is 11.5.